The van der Waals surface area contributed by atoms with E-state index in [1.54, 1.807) is 29.2 Å². The zero-order chi connectivity index (χ0) is 22.8. The monoisotopic (exact) mass is 482 g/mol. The summed E-state index contributed by atoms with van der Waals surface area (Å²) >= 11 is 12.5. The first-order valence-electron chi connectivity index (χ1n) is 9.67. The van der Waals surface area contributed by atoms with Crippen LogP contribution in [0.15, 0.2) is 60.0 Å². The minimum Gasteiger partial charge on any atom is -0.377 e. The summed E-state index contributed by atoms with van der Waals surface area (Å²) < 4.78 is 33.7. The third kappa shape index (κ3) is 4.75. The molecule has 1 aliphatic heterocycles. The molecule has 166 valence electrons. The second kappa shape index (κ2) is 9.20. The van der Waals surface area contributed by atoms with E-state index in [9.17, 15) is 13.2 Å². The number of sulfonamides is 1. The highest BCUT2D eigenvalue weighted by atomic mass is 35.5. The molecule has 1 heterocycles. The molecule has 1 saturated heterocycles. The zero-order valence-electron chi connectivity index (χ0n) is 17.3. The number of hydrogen-bond acceptors (Lipinski definition) is 4. The van der Waals surface area contributed by atoms with Gasteiger partial charge in [-0.05, 0) is 44.2 Å². The molecule has 0 aliphatic carbocycles. The van der Waals surface area contributed by atoms with E-state index in [1.165, 1.54) is 24.3 Å². The van der Waals surface area contributed by atoms with Gasteiger partial charge in [0.15, 0.2) is 0 Å². The molecule has 1 amide bonds. The van der Waals surface area contributed by atoms with Crippen LogP contribution in [0.5, 0.6) is 0 Å². The number of ether oxygens (including phenoxy) is 1. The second-order valence-electron chi connectivity index (χ2n) is 7.74. The molecule has 2 aromatic rings. The molecule has 0 unspecified atom stereocenters. The number of hydrogen-bond donors (Lipinski definition) is 0. The van der Waals surface area contributed by atoms with E-state index in [0.717, 1.165) is 4.31 Å². The van der Waals surface area contributed by atoms with E-state index in [-0.39, 0.29) is 33.0 Å². The van der Waals surface area contributed by atoms with Crippen LogP contribution in [0.4, 0.5) is 5.69 Å². The van der Waals surface area contributed by atoms with Crippen molar-refractivity contribution in [3.8, 4) is 0 Å². The topological polar surface area (TPSA) is 66.9 Å². The maximum atomic E-state index is 13.6. The fourth-order valence-corrected chi connectivity index (χ4v) is 5.69. The summed E-state index contributed by atoms with van der Waals surface area (Å²) in [7, 11) is -4.13. The van der Waals surface area contributed by atoms with Crippen molar-refractivity contribution in [1.29, 1.82) is 0 Å². The lowest BCUT2D eigenvalue weighted by atomic mass is 10.0. The van der Waals surface area contributed by atoms with Crippen LogP contribution in [0.25, 0.3) is 0 Å². The number of morpholine rings is 1. The lowest BCUT2D eigenvalue weighted by Gasteiger charge is -2.42. The Morgan fingerprint density at radius 3 is 2.58 bits per heavy atom. The number of rotatable bonds is 6. The first-order valence-corrected chi connectivity index (χ1v) is 11.9. The number of para-hydroxylation sites is 1. The summed E-state index contributed by atoms with van der Waals surface area (Å²) in [5.41, 5.74) is 0.0160. The van der Waals surface area contributed by atoms with E-state index in [0.29, 0.717) is 25.4 Å². The number of amides is 1. The van der Waals surface area contributed by atoms with Crippen LogP contribution < -0.4 is 4.31 Å². The molecular weight excluding hydrogens is 459 g/mol. The molecule has 0 spiro atoms. The molecule has 2 aromatic carbocycles. The van der Waals surface area contributed by atoms with Crippen LogP contribution in [0.1, 0.15) is 24.2 Å². The third-order valence-corrected chi connectivity index (χ3v) is 7.63. The number of nitrogens with zero attached hydrogens (tertiary/aromatic N) is 2. The van der Waals surface area contributed by atoms with E-state index in [1.807, 2.05) is 13.8 Å². The van der Waals surface area contributed by atoms with Crippen LogP contribution in [0.2, 0.25) is 10.0 Å². The van der Waals surface area contributed by atoms with Crippen LogP contribution in [-0.2, 0) is 14.8 Å². The summed E-state index contributed by atoms with van der Waals surface area (Å²) in [6, 6.07) is 10.9. The molecule has 6 nitrogen and oxygen atoms in total. The van der Waals surface area contributed by atoms with Crippen LogP contribution in [0, 0.1) is 0 Å². The number of halogens is 2. The summed E-state index contributed by atoms with van der Waals surface area (Å²) in [6.45, 7) is 8.68. The average Bonchev–Trinajstić information content (AvgIpc) is 2.72. The van der Waals surface area contributed by atoms with Gasteiger partial charge in [-0.3, -0.25) is 9.10 Å². The fourth-order valence-electron chi connectivity index (χ4n) is 3.44. The van der Waals surface area contributed by atoms with Gasteiger partial charge < -0.3 is 9.64 Å². The van der Waals surface area contributed by atoms with Crippen molar-refractivity contribution >= 4 is 44.8 Å². The van der Waals surface area contributed by atoms with E-state index >= 15 is 0 Å². The normalized spacial score (nSPS) is 16.1. The Balaban J connectivity index is 2.06. The molecule has 0 radical (unpaired) electrons. The van der Waals surface area contributed by atoms with Crippen molar-refractivity contribution in [2.75, 3.05) is 30.6 Å². The number of carbonyl (C=O) groups is 1. The average molecular weight is 483 g/mol. The van der Waals surface area contributed by atoms with Crippen LogP contribution >= 0.6 is 23.2 Å². The third-order valence-electron chi connectivity index (χ3n) is 5.05. The molecule has 31 heavy (non-hydrogen) atoms. The predicted molar refractivity (Wildman–Crippen MR) is 124 cm³/mol. The fraction of sp³-hybridized carbons (Fsp3) is 0.318. The molecule has 9 heteroatoms. The van der Waals surface area contributed by atoms with Gasteiger partial charge in [0.1, 0.15) is 4.90 Å². The molecule has 0 N–H and O–H groups in total. The Kier molecular flexibility index (Phi) is 7.01. The first kappa shape index (κ1) is 23.6. The number of benzene rings is 2. The van der Waals surface area contributed by atoms with Gasteiger partial charge in [-0.2, -0.15) is 0 Å². The minimum absolute atomic E-state index is 0.0129. The van der Waals surface area contributed by atoms with Crippen molar-refractivity contribution in [2.45, 2.75) is 24.3 Å². The molecular formula is C22H24Cl2N2O4S. The van der Waals surface area contributed by atoms with Crippen LogP contribution in [-0.4, -0.2) is 51.1 Å². The van der Waals surface area contributed by atoms with Crippen molar-refractivity contribution in [3.05, 3.63) is 70.7 Å². The molecule has 1 aliphatic rings. The molecule has 0 aromatic heterocycles. The predicted octanol–water partition coefficient (Wildman–Crippen LogP) is 4.63. The lowest BCUT2D eigenvalue weighted by Crippen LogP contribution is -2.55. The highest BCUT2D eigenvalue weighted by molar-refractivity contribution is 7.93. The molecule has 1 fully saturated rings. The summed E-state index contributed by atoms with van der Waals surface area (Å²) in [6.07, 6.45) is 1.46. The van der Waals surface area contributed by atoms with Crippen molar-refractivity contribution in [1.82, 2.24) is 4.90 Å². The molecule has 0 saturated carbocycles. The van der Waals surface area contributed by atoms with Gasteiger partial charge in [0.2, 0.25) is 0 Å². The second-order valence-corrected chi connectivity index (χ2v) is 10.4. The quantitative estimate of drug-likeness (QED) is 0.563. The summed E-state index contributed by atoms with van der Waals surface area (Å²) in [5.74, 6) is -0.283. The zero-order valence-corrected chi connectivity index (χ0v) is 19.7. The van der Waals surface area contributed by atoms with Gasteiger partial charge in [0.25, 0.3) is 15.9 Å². The van der Waals surface area contributed by atoms with Gasteiger partial charge in [-0.1, -0.05) is 41.4 Å². The van der Waals surface area contributed by atoms with Gasteiger partial charge >= 0.3 is 0 Å². The Hall–Kier alpha value is -2.06. The Bertz CT molecular complexity index is 1100. The lowest BCUT2D eigenvalue weighted by molar-refractivity contribution is -0.0370. The van der Waals surface area contributed by atoms with Gasteiger partial charge in [0.05, 0.1) is 41.0 Å². The first-order chi connectivity index (χ1) is 14.6. The summed E-state index contributed by atoms with van der Waals surface area (Å²) in [5, 5.41) is 0.283. The Labute approximate surface area is 193 Å². The molecule has 3 rings (SSSR count). The number of anilines is 1. The largest absolute Gasteiger partial charge is 0.377 e. The maximum Gasteiger partial charge on any atom is 0.266 e. The smallest absolute Gasteiger partial charge is 0.266 e. The van der Waals surface area contributed by atoms with Crippen molar-refractivity contribution in [3.63, 3.8) is 0 Å². The minimum atomic E-state index is -4.13. The van der Waals surface area contributed by atoms with E-state index in [2.05, 4.69) is 6.58 Å². The van der Waals surface area contributed by atoms with Gasteiger partial charge in [0, 0.05) is 12.1 Å². The van der Waals surface area contributed by atoms with E-state index in [4.69, 9.17) is 27.9 Å². The number of carbonyl (C=O) groups excluding carboxylic acids is 1. The van der Waals surface area contributed by atoms with E-state index < -0.39 is 15.6 Å². The van der Waals surface area contributed by atoms with Gasteiger partial charge in [-0.25, -0.2) is 8.42 Å². The highest BCUT2D eigenvalue weighted by Crippen LogP contribution is 2.34. The SMILES string of the molecule is C=CCN(c1ccccc1Cl)S(=O)(=O)c1cc(C(=O)N2CCOCC2(C)C)ccc1Cl. The summed E-state index contributed by atoms with van der Waals surface area (Å²) in [4.78, 5) is 14.7. The standard InChI is InChI=1S/C22H24Cl2N2O4S/c1-4-11-26(19-8-6-5-7-17(19)23)31(28,29)20-14-16(9-10-18(20)24)21(27)25-12-13-30-15-22(25,2)3/h4-10,14H,1,11-13,15H2,2-3H3. The molecule has 0 atom stereocenters. The van der Waals surface area contributed by atoms with Crippen molar-refractivity contribution < 1.29 is 17.9 Å². The molecule has 0 bridgehead atoms. The van der Waals surface area contributed by atoms with Crippen LogP contribution in [0.3, 0.4) is 0 Å². The Morgan fingerprint density at radius 2 is 1.94 bits per heavy atom. The van der Waals surface area contributed by atoms with Gasteiger partial charge in [-0.15, -0.1) is 6.58 Å². The Morgan fingerprint density at radius 1 is 1.23 bits per heavy atom. The maximum absolute atomic E-state index is 13.6. The van der Waals surface area contributed by atoms with Crippen molar-refractivity contribution in [2.24, 2.45) is 0 Å². The highest BCUT2D eigenvalue weighted by Gasteiger charge is 2.36.